The molecule has 3 rings (SSSR count). The molecule has 0 bridgehead atoms. The molecular weight excluding hydrogens is 312 g/mol. The van der Waals surface area contributed by atoms with Crippen molar-refractivity contribution in [3.05, 3.63) is 70.3 Å². The molecule has 1 saturated carbocycles. The average Bonchev–Trinajstić information content (AvgIpc) is 3.46. The Morgan fingerprint density at radius 1 is 1.08 bits per heavy atom. The largest absolute Gasteiger partial charge is 0.350 e. The lowest BCUT2D eigenvalue weighted by Crippen LogP contribution is -2.39. The molecule has 0 aromatic heterocycles. The van der Waals surface area contributed by atoms with Crippen molar-refractivity contribution in [3.8, 4) is 0 Å². The molecule has 3 N–H and O–H groups in total. The van der Waals surface area contributed by atoms with Gasteiger partial charge in [-0.1, -0.05) is 35.9 Å². The molecule has 0 aliphatic heterocycles. The lowest BCUT2D eigenvalue weighted by molar-refractivity contribution is 0.0939. The number of aryl methyl sites for hydroxylation is 2. The molecule has 1 amide bonds. The Morgan fingerprint density at radius 3 is 2.44 bits per heavy atom. The van der Waals surface area contributed by atoms with Crippen molar-refractivity contribution >= 4 is 11.7 Å². The summed E-state index contributed by atoms with van der Waals surface area (Å²) in [6.07, 6.45) is 2.28. The third-order valence-corrected chi connectivity index (χ3v) is 4.78. The second-order valence-corrected chi connectivity index (χ2v) is 6.90. The highest BCUT2D eigenvalue weighted by Crippen LogP contribution is 2.31. The predicted molar refractivity (Wildman–Crippen MR) is 98.8 cm³/mol. The molecule has 0 heterocycles. The number of ketones is 1. The number of rotatable bonds is 6. The topological polar surface area (TPSA) is 72.2 Å². The maximum atomic E-state index is 13.0. The molecule has 1 fully saturated rings. The van der Waals surface area contributed by atoms with Gasteiger partial charge in [-0.3, -0.25) is 9.59 Å². The van der Waals surface area contributed by atoms with Gasteiger partial charge >= 0.3 is 0 Å². The summed E-state index contributed by atoms with van der Waals surface area (Å²) in [6, 6.07) is 12.7. The number of benzene rings is 2. The van der Waals surface area contributed by atoms with E-state index in [-0.39, 0.29) is 17.7 Å². The van der Waals surface area contributed by atoms with Gasteiger partial charge in [-0.05, 0) is 50.3 Å². The summed E-state index contributed by atoms with van der Waals surface area (Å²) in [5, 5.41) is 2.88. The Labute approximate surface area is 148 Å². The summed E-state index contributed by atoms with van der Waals surface area (Å²) in [5.74, 6) is 0.149. The normalized spacial score (nSPS) is 14.8. The fourth-order valence-electron chi connectivity index (χ4n) is 3.00. The van der Waals surface area contributed by atoms with Gasteiger partial charge in [-0.25, -0.2) is 0 Å². The van der Waals surface area contributed by atoms with Gasteiger partial charge in [0.2, 0.25) is 0 Å². The molecule has 0 spiro atoms. The average molecular weight is 336 g/mol. The molecule has 2 aromatic carbocycles. The van der Waals surface area contributed by atoms with E-state index in [1.165, 1.54) is 0 Å². The molecule has 4 heteroatoms. The van der Waals surface area contributed by atoms with Gasteiger partial charge in [0.05, 0.1) is 5.56 Å². The van der Waals surface area contributed by atoms with Crippen LogP contribution in [0.5, 0.6) is 0 Å². The lowest BCUT2D eigenvalue weighted by atomic mass is 9.94. The van der Waals surface area contributed by atoms with Gasteiger partial charge in [0.1, 0.15) is 0 Å². The van der Waals surface area contributed by atoms with Crippen LogP contribution in [0.2, 0.25) is 0 Å². The molecule has 1 atom stereocenters. The fourth-order valence-corrected chi connectivity index (χ4v) is 3.00. The van der Waals surface area contributed by atoms with Crippen molar-refractivity contribution in [2.75, 3.05) is 6.54 Å². The Morgan fingerprint density at radius 2 is 1.76 bits per heavy atom. The maximum absolute atomic E-state index is 13.0. The Kier molecular flexibility index (Phi) is 5.00. The van der Waals surface area contributed by atoms with Crippen LogP contribution < -0.4 is 11.1 Å². The molecule has 1 unspecified atom stereocenters. The van der Waals surface area contributed by atoms with Gasteiger partial charge in [0.15, 0.2) is 5.78 Å². The summed E-state index contributed by atoms with van der Waals surface area (Å²) >= 11 is 0. The molecule has 4 nitrogen and oxygen atoms in total. The first-order valence-electron chi connectivity index (χ1n) is 8.72. The number of carbonyl (C=O) groups excluding carboxylic acids is 2. The predicted octanol–water partition coefficient (Wildman–Crippen LogP) is 3.00. The molecule has 130 valence electrons. The van der Waals surface area contributed by atoms with Crippen molar-refractivity contribution < 1.29 is 9.59 Å². The van der Waals surface area contributed by atoms with E-state index in [2.05, 4.69) is 5.32 Å². The number of nitrogens with one attached hydrogen (secondary N) is 1. The van der Waals surface area contributed by atoms with Crippen molar-refractivity contribution in [2.24, 2.45) is 11.7 Å². The van der Waals surface area contributed by atoms with E-state index >= 15 is 0 Å². The number of carbonyl (C=O) groups is 2. The van der Waals surface area contributed by atoms with Crippen molar-refractivity contribution in [1.29, 1.82) is 0 Å². The summed E-state index contributed by atoms with van der Waals surface area (Å²) in [4.78, 5) is 25.6. The SMILES string of the molecule is Cc1ccc(C)c(C(=O)c2ccccc2C(=O)NCC(N)C2CC2)c1. The smallest absolute Gasteiger partial charge is 0.252 e. The molecule has 1 aliphatic carbocycles. The third kappa shape index (κ3) is 3.97. The zero-order chi connectivity index (χ0) is 18.0. The first-order valence-corrected chi connectivity index (χ1v) is 8.72. The van der Waals surface area contributed by atoms with Crippen LogP contribution in [-0.4, -0.2) is 24.3 Å². The van der Waals surface area contributed by atoms with Gasteiger partial charge in [0, 0.05) is 23.7 Å². The molecule has 2 aromatic rings. The molecule has 1 aliphatic rings. The van der Waals surface area contributed by atoms with Gasteiger partial charge in [0.25, 0.3) is 5.91 Å². The quantitative estimate of drug-likeness (QED) is 0.797. The number of hydrogen-bond donors (Lipinski definition) is 2. The highest BCUT2D eigenvalue weighted by atomic mass is 16.2. The summed E-state index contributed by atoms with van der Waals surface area (Å²) in [5.41, 5.74) is 9.43. The van der Waals surface area contributed by atoms with Crippen LogP contribution in [0, 0.1) is 19.8 Å². The minimum atomic E-state index is -0.245. The zero-order valence-corrected chi connectivity index (χ0v) is 14.7. The van der Waals surface area contributed by atoms with E-state index in [9.17, 15) is 9.59 Å². The summed E-state index contributed by atoms with van der Waals surface area (Å²) in [7, 11) is 0. The highest BCUT2D eigenvalue weighted by Gasteiger charge is 2.29. The third-order valence-electron chi connectivity index (χ3n) is 4.78. The minimum absolute atomic E-state index is 0.00849. The van der Waals surface area contributed by atoms with E-state index in [0.717, 1.165) is 24.0 Å². The molecule has 25 heavy (non-hydrogen) atoms. The van der Waals surface area contributed by atoms with Gasteiger partial charge < -0.3 is 11.1 Å². The van der Waals surface area contributed by atoms with E-state index in [4.69, 9.17) is 5.73 Å². The molecular formula is C21H24N2O2. The first kappa shape index (κ1) is 17.4. The number of nitrogens with two attached hydrogens (primary N) is 1. The standard InChI is InChI=1S/C21H24N2O2/c1-13-7-8-14(2)18(11-13)20(24)16-5-3-4-6-17(16)21(25)23-12-19(22)15-9-10-15/h3-8,11,15,19H,9-10,12,22H2,1-2H3,(H,23,25). The van der Waals surface area contributed by atoms with Crippen LogP contribution in [0.4, 0.5) is 0 Å². The fraction of sp³-hybridized carbons (Fsp3) is 0.333. The Hall–Kier alpha value is -2.46. The van der Waals surface area contributed by atoms with E-state index in [1.807, 2.05) is 32.0 Å². The van der Waals surface area contributed by atoms with Crippen LogP contribution in [0.3, 0.4) is 0 Å². The highest BCUT2D eigenvalue weighted by molar-refractivity contribution is 6.15. The summed E-state index contributed by atoms with van der Waals surface area (Å²) in [6.45, 7) is 4.30. The summed E-state index contributed by atoms with van der Waals surface area (Å²) < 4.78 is 0. The van der Waals surface area contributed by atoms with Gasteiger partial charge in [-0.15, -0.1) is 0 Å². The van der Waals surface area contributed by atoms with E-state index in [1.54, 1.807) is 24.3 Å². The molecule has 0 radical (unpaired) electrons. The second kappa shape index (κ2) is 7.19. The monoisotopic (exact) mass is 336 g/mol. The zero-order valence-electron chi connectivity index (χ0n) is 14.7. The van der Waals surface area contributed by atoms with Crippen molar-refractivity contribution in [3.63, 3.8) is 0 Å². The van der Waals surface area contributed by atoms with Crippen LogP contribution in [0.1, 0.15) is 50.2 Å². The number of hydrogen-bond acceptors (Lipinski definition) is 3. The van der Waals surface area contributed by atoms with Crippen LogP contribution in [0.25, 0.3) is 0 Å². The molecule has 0 saturated heterocycles. The van der Waals surface area contributed by atoms with Crippen LogP contribution in [0.15, 0.2) is 42.5 Å². The van der Waals surface area contributed by atoms with Gasteiger partial charge in [-0.2, -0.15) is 0 Å². The second-order valence-electron chi connectivity index (χ2n) is 6.90. The van der Waals surface area contributed by atoms with Crippen molar-refractivity contribution in [1.82, 2.24) is 5.32 Å². The van der Waals surface area contributed by atoms with Crippen LogP contribution >= 0.6 is 0 Å². The number of amides is 1. The minimum Gasteiger partial charge on any atom is -0.350 e. The lowest BCUT2D eigenvalue weighted by Gasteiger charge is -2.14. The first-order chi connectivity index (χ1) is 12.0. The Bertz CT molecular complexity index is 809. The van der Waals surface area contributed by atoms with Crippen molar-refractivity contribution in [2.45, 2.75) is 32.7 Å². The van der Waals surface area contributed by atoms with E-state index < -0.39 is 0 Å². The van der Waals surface area contributed by atoms with E-state index in [0.29, 0.717) is 29.2 Å². The Balaban J connectivity index is 1.83. The van der Waals surface area contributed by atoms with Crippen LogP contribution in [-0.2, 0) is 0 Å². The maximum Gasteiger partial charge on any atom is 0.252 e.